The van der Waals surface area contributed by atoms with Gasteiger partial charge in [0.2, 0.25) is 6.41 Å². The molecule has 0 atom stereocenters. The summed E-state index contributed by atoms with van der Waals surface area (Å²) in [7, 11) is 0. The Hall–Kier alpha value is -1.02. The van der Waals surface area contributed by atoms with Crippen LogP contribution in [-0.2, 0) is 11.2 Å². The van der Waals surface area contributed by atoms with Gasteiger partial charge in [-0.25, -0.2) is 0 Å². The minimum absolute atomic E-state index is 0.699. The van der Waals surface area contributed by atoms with E-state index in [4.69, 9.17) is 11.6 Å². The first-order chi connectivity index (χ1) is 7.31. The summed E-state index contributed by atoms with van der Waals surface area (Å²) in [4.78, 5) is 10.1. The van der Waals surface area contributed by atoms with E-state index in [2.05, 4.69) is 17.4 Å². The molecular weight excluding hydrogens is 210 g/mol. The third-order valence-corrected chi connectivity index (χ3v) is 2.98. The van der Waals surface area contributed by atoms with Gasteiger partial charge < -0.3 is 5.32 Å². The lowest BCUT2D eigenvalue weighted by Crippen LogP contribution is -2.15. The van der Waals surface area contributed by atoms with E-state index in [-0.39, 0.29) is 0 Å². The minimum atomic E-state index is 0.699. The van der Waals surface area contributed by atoms with Crippen LogP contribution in [0.1, 0.15) is 29.9 Å². The normalized spacial score (nSPS) is 15.0. The molecule has 0 heterocycles. The van der Waals surface area contributed by atoms with Gasteiger partial charge in [-0.3, -0.25) is 4.79 Å². The van der Waals surface area contributed by atoms with Gasteiger partial charge in [-0.15, -0.1) is 0 Å². The second-order valence-corrected chi connectivity index (χ2v) is 4.38. The molecule has 1 aliphatic carbocycles. The molecule has 1 aliphatic rings. The van der Waals surface area contributed by atoms with Crippen molar-refractivity contribution in [1.29, 1.82) is 0 Å². The number of rotatable bonds is 5. The third kappa shape index (κ3) is 2.72. The van der Waals surface area contributed by atoms with Crippen LogP contribution in [0, 0.1) is 0 Å². The van der Waals surface area contributed by atoms with Crippen LogP contribution < -0.4 is 5.32 Å². The Kier molecular flexibility index (Phi) is 3.27. The molecule has 1 saturated carbocycles. The van der Waals surface area contributed by atoms with Gasteiger partial charge in [-0.05, 0) is 48.4 Å². The Morgan fingerprint density at radius 3 is 2.93 bits per heavy atom. The van der Waals surface area contributed by atoms with Crippen molar-refractivity contribution in [2.75, 3.05) is 6.54 Å². The molecule has 1 fully saturated rings. The lowest BCUT2D eigenvalue weighted by atomic mass is 10.0. The van der Waals surface area contributed by atoms with Crippen LogP contribution in [-0.4, -0.2) is 13.0 Å². The quantitative estimate of drug-likeness (QED) is 0.603. The Balaban J connectivity index is 2.10. The summed E-state index contributed by atoms with van der Waals surface area (Å²) in [6.07, 6.45) is 4.18. The molecule has 1 aromatic rings. The third-order valence-electron chi connectivity index (χ3n) is 2.75. The first-order valence-corrected chi connectivity index (χ1v) is 5.64. The fourth-order valence-electron chi connectivity index (χ4n) is 1.83. The van der Waals surface area contributed by atoms with Crippen molar-refractivity contribution in [3.8, 4) is 0 Å². The maximum absolute atomic E-state index is 10.1. The van der Waals surface area contributed by atoms with Crippen molar-refractivity contribution in [3.05, 3.63) is 34.3 Å². The van der Waals surface area contributed by atoms with Gasteiger partial charge in [0.15, 0.2) is 0 Å². The van der Waals surface area contributed by atoms with Crippen LogP contribution in [0.5, 0.6) is 0 Å². The van der Waals surface area contributed by atoms with Crippen LogP contribution in [0.2, 0.25) is 5.02 Å². The van der Waals surface area contributed by atoms with Crippen molar-refractivity contribution in [2.24, 2.45) is 0 Å². The monoisotopic (exact) mass is 223 g/mol. The first kappa shape index (κ1) is 10.5. The number of carbonyl (C=O) groups excluding carboxylic acids is 1. The molecule has 0 unspecified atom stereocenters. The van der Waals surface area contributed by atoms with Crippen LogP contribution in [0.4, 0.5) is 0 Å². The molecule has 2 nitrogen and oxygen atoms in total. The molecule has 0 spiro atoms. The summed E-state index contributed by atoms with van der Waals surface area (Å²) < 4.78 is 0. The van der Waals surface area contributed by atoms with Crippen LogP contribution in [0.15, 0.2) is 18.2 Å². The fraction of sp³-hybridized carbons (Fsp3) is 0.417. The fourth-order valence-corrected chi connectivity index (χ4v) is 2.01. The average Bonchev–Trinajstić information content (AvgIpc) is 3.04. The SMILES string of the molecule is O=CNCCc1ccc(Cl)cc1C1CC1. The number of benzene rings is 1. The zero-order valence-electron chi connectivity index (χ0n) is 8.50. The molecule has 0 bridgehead atoms. The van der Waals surface area contributed by atoms with E-state index in [0.29, 0.717) is 12.5 Å². The second kappa shape index (κ2) is 4.67. The highest BCUT2D eigenvalue weighted by Crippen LogP contribution is 2.42. The maximum atomic E-state index is 10.1. The number of carbonyl (C=O) groups is 1. The van der Waals surface area contributed by atoms with Gasteiger partial charge in [0.1, 0.15) is 0 Å². The molecule has 0 aliphatic heterocycles. The van der Waals surface area contributed by atoms with Crippen LogP contribution in [0.3, 0.4) is 0 Å². The molecule has 3 heteroatoms. The van der Waals surface area contributed by atoms with E-state index < -0.39 is 0 Å². The van der Waals surface area contributed by atoms with E-state index in [1.807, 2.05) is 6.07 Å². The molecule has 1 amide bonds. The van der Waals surface area contributed by atoms with Gasteiger partial charge in [-0.2, -0.15) is 0 Å². The summed E-state index contributed by atoms with van der Waals surface area (Å²) in [5, 5.41) is 3.49. The van der Waals surface area contributed by atoms with Crippen molar-refractivity contribution >= 4 is 18.0 Å². The molecule has 1 N–H and O–H groups in total. The van der Waals surface area contributed by atoms with Gasteiger partial charge in [0.25, 0.3) is 0 Å². The zero-order chi connectivity index (χ0) is 10.7. The minimum Gasteiger partial charge on any atom is -0.358 e. The van der Waals surface area contributed by atoms with Crippen molar-refractivity contribution in [3.63, 3.8) is 0 Å². The van der Waals surface area contributed by atoms with E-state index >= 15 is 0 Å². The average molecular weight is 224 g/mol. The first-order valence-electron chi connectivity index (χ1n) is 5.26. The Labute approximate surface area is 94.6 Å². The zero-order valence-corrected chi connectivity index (χ0v) is 9.26. The predicted octanol–water partition coefficient (Wildman–Crippen LogP) is 2.51. The summed E-state index contributed by atoms with van der Waals surface area (Å²) in [6, 6.07) is 6.06. The molecule has 80 valence electrons. The van der Waals surface area contributed by atoms with Crippen molar-refractivity contribution < 1.29 is 4.79 Å². The number of amides is 1. The second-order valence-electron chi connectivity index (χ2n) is 3.94. The predicted molar refractivity (Wildman–Crippen MR) is 61.2 cm³/mol. The van der Waals surface area contributed by atoms with E-state index in [0.717, 1.165) is 17.9 Å². The summed E-state index contributed by atoms with van der Waals surface area (Å²) in [5.41, 5.74) is 2.69. The standard InChI is InChI=1S/C12H14ClNO/c13-11-4-3-10(5-6-14-8-15)12(7-11)9-1-2-9/h3-4,7-9H,1-2,5-6H2,(H,14,15). The molecule has 2 rings (SSSR count). The molecule has 0 aromatic heterocycles. The van der Waals surface area contributed by atoms with E-state index in [9.17, 15) is 4.79 Å². The summed E-state index contributed by atoms with van der Waals surface area (Å²) >= 11 is 5.98. The highest BCUT2D eigenvalue weighted by Gasteiger charge is 2.25. The number of hydrogen-bond acceptors (Lipinski definition) is 1. The molecule has 15 heavy (non-hydrogen) atoms. The maximum Gasteiger partial charge on any atom is 0.207 e. The van der Waals surface area contributed by atoms with Gasteiger partial charge >= 0.3 is 0 Å². The van der Waals surface area contributed by atoms with E-state index in [1.54, 1.807) is 0 Å². The summed E-state index contributed by atoms with van der Waals surface area (Å²) in [5.74, 6) is 0.704. The lowest BCUT2D eigenvalue weighted by Gasteiger charge is -2.08. The Morgan fingerprint density at radius 1 is 1.47 bits per heavy atom. The molecular formula is C12H14ClNO. The van der Waals surface area contributed by atoms with E-state index in [1.165, 1.54) is 24.0 Å². The largest absolute Gasteiger partial charge is 0.358 e. The number of halogens is 1. The van der Waals surface area contributed by atoms with Gasteiger partial charge in [0.05, 0.1) is 0 Å². The lowest BCUT2D eigenvalue weighted by molar-refractivity contribution is -0.109. The van der Waals surface area contributed by atoms with Gasteiger partial charge in [0, 0.05) is 11.6 Å². The van der Waals surface area contributed by atoms with Crippen molar-refractivity contribution in [1.82, 2.24) is 5.32 Å². The topological polar surface area (TPSA) is 29.1 Å². The number of hydrogen-bond donors (Lipinski definition) is 1. The Bertz CT molecular complexity index is 361. The molecule has 1 aromatic carbocycles. The smallest absolute Gasteiger partial charge is 0.207 e. The Morgan fingerprint density at radius 2 is 2.27 bits per heavy atom. The molecule has 0 saturated heterocycles. The highest BCUT2D eigenvalue weighted by molar-refractivity contribution is 6.30. The van der Waals surface area contributed by atoms with Crippen molar-refractivity contribution in [2.45, 2.75) is 25.2 Å². The van der Waals surface area contributed by atoms with Crippen LogP contribution in [0.25, 0.3) is 0 Å². The highest BCUT2D eigenvalue weighted by atomic mass is 35.5. The number of nitrogens with one attached hydrogen (secondary N) is 1. The summed E-state index contributed by atoms with van der Waals surface area (Å²) in [6.45, 7) is 0.699. The van der Waals surface area contributed by atoms with Crippen LogP contribution >= 0.6 is 11.6 Å². The van der Waals surface area contributed by atoms with Gasteiger partial charge in [-0.1, -0.05) is 17.7 Å². The molecule has 0 radical (unpaired) electrons.